The molecular weight excluding hydrogens is 267 g/mol. The average Bonchev–Trinajstić information content (AvgIpc) is 2.90. The normalized spacial score (nSPS) is 10.9. The van der Waals surface area contributed by atoms with Crippen LogP contribution in [0.4, 0.5) is 10.1 Å². The number of ether oxygens (including phenoxy) is 1. The molecule has 3 nitrogen and oxygen atoms in total. The maximum atomic E-state index is 13.6. The van der Waals surface area contributed by atoms with Gasteiger partial charge in [0.05, 0.1) is 12.1 Å². The highest BCUT2D eigenvalue weighted by Crippen LogP contribution is 2.19. The molecule has 0 unspecified atom stereocenters. The van der Waals surface area contributed by atoms with Gasteiger partial charge in [-0.3, -0.25) is 0 Å². The predicted octanol–water partition coefficient (Wildman–Crippen LogP) is 3.83. The lowest BCUT2D eigenvalue weighted by atomic mass is 10.2. The van der Waals surface area contributed by atoms with Gasteiger partial charge in [-0.1, -0.05) is 6.07 Å². The van der Waals surface area contributed by atoms with E-state index < -0.39 is 0 Å². The largest absolute Gasteiger partial charge is 0.494 e. The molecule has 21 heavy (non-hydrogen) atoms. The van der Waals surface area contributed by atoms with E-state index in [-0.39, 0.29) is 5.82 Å². The SMILES string of the molecule is Nc1ccc(OCCCn2ccc3c(F)cccc32)cc1. The van der Waals surface area contributed by atoms with E-state index in [0.29, 0.717) is 12.0 Å². The minimum absolute atomic E-state index is 0.177. The number of rotatable bonds is 5. The van der Waals surface area contributed by atoms with Crippen LogP contribution in [-0.2, 0) is 6.54 Å². The molecule has 0 aliphatic heterocycles. The summed E-state index contributed by atoms with van der Waals surface area (Å²) in [5, 5.41) is 0.664. The fourth-order valence-electron chi connectivity index (χ4n) is 2.37. The molecule has 0 atom stereocenters. The number of aromatic nitrogens is 1. The standard InChI is InChI=1S/C17H17FN2O/c18-16-3-1-4-17-15(16)9-11-20(17)10-2-12-21-14-7-5-13(19)6-8-14/h1,3-9,11H,2,10,12,19H2. The Hall–Kier alpha value is -2.49. The van der Waals surface area contributed by atoms with Gasteiger partial charge < -0.3 is 15.0 Å². The van der Waals surface area contributed by atoms with E-state index in [1.165, 1.54) is 6.07 Å². The molecule has 1 heterocycles. The van der Waals surface area contributed by atoms with Gasteiger partial charge in [-0.15, -0.1) is 0 Å². The number of aryl methyl sites for hydroxylation is 1. The molecule has 0 aliphatic rings. The third kappa shape index (κ3) is 2.99. The molecule has 2 aromatic carbocycles. The van der Waals surface area contributed by atoms with Crippen LogP contribution in [0.1, 0.15) is 6.42 Å². The van der Waals surface area contributed by atoms with Crippen molar-refractivity contribution in [3.63, 3.8) is 0 Å². The Morgan fingerprint density at radius 2 is 1.86 bits per heavy atom. The Bertz CT molecular complexity index is 734. The summed E-state index contributed by atoms with van der Waals surface area (Å²) in [6.45, 7) is 1.40. The first-order valence-corrected chi connectivity index (χ1v) is 6.96. The zero-order valence-electron chi connectivity index (χ0n) is 11.6. The number of fused-ring (bicyclic) bond motifs is 1. The van der Waals surface area contributed by atoms with Gasteiger partial charge in [-0.2, -0.15) is 0 Å². The zero-order valence-corrected chi connectivity index (χ0v) is 11.6. The number of hydrogen-bond acceptors (Lipinski definition) is 2. The molecule has 0 bridgehead atoms. The lowest BCUT2D eigenvalue weighted by Gasteiger charge is -2.08. The number of nitrogens with two attached hydrogens (primary N) is 1. The van der Waals surface area contributed by atoms with Crippen molar-refractivity contribution in [3.8, 4) is 5.75 Å². The maximum absolute atomic E-state index is 13.6. The third-order valence-electron chi connectivity index (χ3n) is 3.45. The first-order valence-electron chi connectivity index (χ1n) is 6.96. The van der Waals surface area contributed by atoms with Crippen LogP contribution in [0.15, 0.2) is 54.7 Å². The number of halogens is 1. The topological polar surface area (TPSA) is 40.2 Å². The Labute approximate surface area is 122 Å². The summed E-state index contributed by atoms with van der Waals surface area (Å²) in [6.07, 6.45) is 2.77. The molecule has 3 rings (SSSR count). The molecule has 0 aliphatic carbocycles. The molecule has 0 saturated heterocycles. The molecule has 0 amide bonds. The minimum Gasteiger partial charge on any atom is -0.494 e. The van der Waals surface area contributed by atoms with Crippen molar-refractivity contribution in [2.75, 3.05) is 12.3 Å². The lowest BCUT2D eigenvalue weighted by molar-refractivity contribution is 0.302. The van der Waals surface area contributed by atoms with E-state index in [1.54, 1.807) is 6.07 Å². The summed E-state index contributed by atoms with van der Waals surface area (Å²) in [5.74, 6) is 0.636. The Kier molecular flexibility index (Phi) is 3.77. The quantitative estimate of drug-likeness (QED) is 0.571. The van der Waals surface area contributed by atoms with Gasteiger partial charge in [0.2, 0.25) is 0 Å². The highest BCUT2D eigenvalue weighted by Gasteiger charge is 2.04. The van der Waals surface area contributed by atoms with Gasteiger partial charge in [0, 0.05) is 23.8 Å². The van der Waals surface area contributed by atoms with Crippen molar-refractivity contribution in [2.24, 2.45) is 0 Å². The van der Waals surface area contributed by atoms with E-state index in [1.807, 2.05) is 47.2 Å². The van der Waals surface area contributed by atoms with Crippen LogP contribution in [0, 0.1) is 5.82 Å². The Morgan fingerprint density at radius 1 is 1.05 bits per heavy atom. The highest BCUT2D eigenvalue weighted by atomic mass is 19.1. The second-order valence-corrected chi connectivity index (χ2v) is 4.95. The highest BCUT2D eigenvalue weighted by molar-refractivity contribution is 5.80. The molecule has 0 spiro atoms. The molecule has 108 valence electrons. The fourth-order valence-corrected chi connectivity index (χ4v) is 2.37. The molecular formula is C17H17FN2O. The van der Waals surface area contributed by atoms with Crippen LogP contribution in [0.3, 0.4) is 0 Å². The van der Waals surface area contributed by atoms with E-state index >= 15 is 0 Å². The number of nitrogen functional groups attached to an aromatic ring is 1. The molecule has 0 fully saturated rings. The second-order valence-electron chi connectivity index (χ2n) is 4.95. The summed E-state index contributed by atoms with van der Waals surface area (Å²) in [7, 11) is 0. The molecule has 0 radical (unpaired) electrons. The molecule has 1 aromatic heterocycles. The minimum atomic E-state index is -0.177. The smallest absolute Gasteiger partial charge is 0.132 e. The summed E-state index contributed by atoms with van der Waals surface area (Å²) in [5.41, 5.74) is 7.27. The van der Waals surface area contributed by atoms with E-state index in [2.05, 4.69) is 0 Å². The molecule has 4 heteroatoms. The van der Waals surface area contributed by atoms with Crippen molar-refractivity contribution in [1.82, 2.24) is 4.57 Å². The summed E-state index contributed by atoms with van der Waals surface area (Å²) >= 11 is 0. The summed E-state index contributed by atoms with van der Waals surface area (Å²) in [4.78, 5) is 0. The maximum Gasteiger partial charge on any atom is 0.132 e. The Morgan fingerprint density at radius 3 is 2.67 bits per heavy atom. The van der Waals surface area contributed by atoms with Gasteiger partial charge in [0.1, 0.15) is 11.6 Å². The van der Waals surface area contributed by atoms with Gasteiger partial charge in [-0.05, 0) is 48.9 Å². The van der Waals surface area contributed by atoms with Crippen LogP contribution in [0.5, 0.6) is 5.75 Å². The van der Waals surface area contributed by atoms with Gasteiger partial charge in [0.15, 0.2) is 0 Å². The Balaban J connectivity index is 1.57. The number of anilines is 1. The van der Waals surface area contributed by atoms with Crippen LogP contribution in [0.2, 0.25) is 0 Å². The first-order chi connectivity index (χ1) is 10.2. The number of nitrogens with zero attached hydrogens (tertiary/aromatic N) is 1. The molecule has 0 saturated carbocycles. The van der Waals surface area contributed by atoms with Crippen LogP contribution in [-0.4, -0.2) is 11.2 Å². The molecule has 2 N–H and O–H groups in total. The predicted molar refractivity (Wildman–Crippen MR) is 82.9 cm³/mol. The summed E-state index contributed by atoms with van der Waals surface area (Å²) < 4.78 is 21.3. The van der Waals surface area contributed by atoms with Gasteiger partial charge in [0.25, 0.3) is 0 Å². The van der Waals surface area contributed by atoms with Crippen molar-refractivity contribution >= 4 is 16.6 Å². The monoisotopic (exact) mass is 284 g/mol. The van der Waals surface area contributed by atoms with Crippen molar-refractivity contribution in [1.29, 1.82) is 0 Å². The lowest BCUT2D eigenvalue weighted by Crippen LogP contribution is -2.03. The third-order valence-corrected chi connectivity index (χ3v) is 3.45. The van der Waals surface area contributed by atoms with Crippen molar-refractivity contribution in [2.45, 2.75) is 13.0 Å². The molecule has 3 aromatic rings. The van der Waals surface area contributed by atoms with Crippen molar-refractivity contribution in [3.05, 3.63) is 60.5 Å². The van der Waals surface area contributed by atoms with E-state index in [4.69, 9.17) is 10.5 Å². The van der Waals surface area contributed by atoms with Crippen LogP contribution < -0.4 is 10.5 Å². The number of benzene rings is 2. The fraction of sp³-hybridized carbons (Fsp3) is 0.176. The van der Waals surface area contributed by atoms with Crippen LogP contribution >= 0.6 is 0 Å². The summed E-state index contributed by atoms with van der Waals surface area (Å²) in [6, 6.07) is 14.3. The van der Waals surface area contributed by atoms with Gasteiger partial charge >= 0.3 is 0 Å². The zero-order chi connectivity index (χ0) is 14.7. The van der Waals surface area contributed by atoms with E-state index in [9.17, 15) is 4.39 Å². The first kappa shape index (κ1) is 13.5. The average molecular weight is 284 g/mol. The van der Waals surface area contributed by atoms with Crippen molar-refractivity contribution < 1.29 is 9.13 Å². The van der Waals surface area contributed by atoms with E-state index in [0.717, 1.165) is 29.9 Å². The van der Waals surface area contributed by atoms with Crippen LogP contribution in [0.25, 0.3) is 10.9 Å². The second kappa shape index (κ2) is 5.87. The number of hydrogen-bond donors (Lipinski definition) is 1. The van der Waals surface area contributed by atoms with Gasteiger partial charge in [-0.25, -0.2) is 4.39 Å².